The molecule has 140 valence electrons. The Hall–Kier alpha value is -3.18. The summed E-state index contributed by atoms with van der Waals surface area (Å²) in [6.07, 6.45) is 3.71. The molecular formula is C23H23N5. The molecule has 0 fully saturated rings. The minimum absolute atomic E-state index is 0.740. The quantitative estimate of drug-likeness (QED) is 0.547. The van der Waals surface area contributed by atoms with Crippen molar-refractivity contribution in [2.75, 3.05) is 25.7 Å². The van der Waals surface area contributed by atoms with E-state index in [9.17, 15) is 0 Å². The SMILES string of the molecule is CN1Cc2c(nn(Cc3cccc4ccccc34)c2-c2ccncc2)N(C)C1. The van der Waals surface area contributed by atoms with E-state index in [4.69, 9.17) is 5.10 Å². The van der Waals surface area contributed by atoms with Crippen LogP contribution in [0.4, 0.5) is 5.82 Å². The number of pyridine rings is 1. The topological polar surface area (TPSA) is 37.2 Å². The monoisotopic (exact) mass is 369 g/mol. The molecule has 0 aliphatic carbocycles. The summed E-state index contributed by atoms with van der Waals surface area (Å²) in [5, 5.41) is 7.59. The Morgan fingerprint density at radius 3 is 2.57 bits per heavy atom. The molecule has 5 heteroatoms. The molecule has 3 heterocycles. The van der Waals surface area contributed by atoms with Crippen LogP contribution in [-0.4, -0.2) is 40.4 Å². The molecule has 0 N–H and O–H groups in total. The van der Waals surface area contributed by atoms with Crippen molar-refractivity contribution in [3.05, 3.63) is 78.1 Å². The average molecular weight is 369 g/mol. The van der Waals surface area contributed by atoms with Crippen LogP contribution in [0.25, 0.3) is 22.0 Å². The van der Waals surface area contributed by atoms with Crippen LogP contribution in [0.15, 0.2) is 67.0 Å². The molecule has 1 aliphatic heterocycles. The molecule has 2 aromatic carbocycles. The van der Waals surface area contributed by atoms with Crippen LogP contribution in [-0.2, 0) is 13.1 Å². The van der Waals surface area contributed by atoms with Crippen molar-refractivity contribution >= 4 is 16.6 Å². The minimum atomic E-state index is 0.740. The first-order valence-electron chi connectivity index (χ1n) is 9.57. The smallest absolute Gasteiger partial charge is 0.156 e. The van der Waals surface area contributed by atoms with E-state index < -0.39 is 0 Å². The molecule has 0 atom stereocenters. The second kappa shape index (κ2) is 6.77. The number of nitrogens with zero attached hydrogens (tertiary/aromatic N) is 5. The highest BCUT2D eigenvalue weighted by molar-refractivity contribution is 5.85. The van der Waals surface area contributed by atoms with Gasteiger partial charge in [-0.1, -0.05) is 42.5 Å². The van der Waals surface area contributed by atoms with E-state index in [1.165, 1.54) is 27.6 Å². The van der Waals surface area contributed by atoms with E-state index in [0.29, 0.717) is 0 Å². The Labute approximate surface area is 164 Å². The zero-order valence-electron chi connectivity index (χ0n) is 16.2. The van der Waals surface area contributed by atoms with E-state index in [0.717, 1.165) is 31.1 Å². The van der Waals surface area contributed by atoms with Crippen molar-refractivity contribution in [1.29, 1.82) is 0 Å². The highest BCUT2D eigenvalue weighted by atomic mass is 15.4. The molecule has 0 radical (unpaired) electrons. The Kier molecular flexibility index (Phi) is 4.10. The highest BCUT2D eigenvalue weighted by Gasteiger charge is 2.27. The number of hydrogen-bond acceptors (Lipinski definition) is 4. The predicted molar refractivity (Wildman–Crippen MR) is 113 cm³/mol. The number of fused-ring (bicyclic) bond motifs is 2. The van der Waals surface area contributed by atoms with Gasteiger partial charge in [0.1, 0.15) is 0 Å². The molecule has 5 rings (SSSR count). The number of rotatable bonds is 3. The summed E-state index contributed by atoms with van der Waals surface area (Å²) in [6, 6.07) is 19.2. The van der Waals surface area contributed by atoms with Gasteiger partial charge in [0, 0.05) is 37.1 Å². The molecule has 0 amide bonds. The summed E-state index contributed by atoms with van der Waals surface area (Å²) in [5.74, 6) is 1.07. The summed E-state index contributed by atoms with van der Waals surface area (Å²) >= 11 is 0. The Bertz CT molecular complexity index is 1130. The Morgan fingerprint density at radius 1 is 0.929 bits per heavy atom. The predicted octanol–water partition coefficient (Wildman–Crippen LogP) is 3.99. The van der Waals surface area contributed by atoms with Crippen molar-refractivity contribution in [2.45, 2.75) is 13.1 Å². The number of hydrogen-bond donors (Lipinski definition) is 0. The van der Waals surface area contributed by atoms with E-state index in [1.807, 2.05) is 12.4 Å². The summed E-state index contributed by atoms with van der Waals surface area (Å²) in [5.41, 5.74) is 4.91. The van der Waals surface area contributed by atoms with Gasteiger partial charge in [0.15, 0.2) is 5.82 Å². The largest absolute Gasteiger partial charge is 0.345 e. The van der Waals surface area contributed by atoms with Gasteiger partial charge in [-0.25, -0.2) is 0 Å². The van der Waals surface area contributed by atoms with Gasteiger partial charge in [-0.05, 0) is 35.5 Å². The van der Waals surface area contributed by atoms with Crippen LogP contribution in [0.2, 0.25) is 0 Å². The second-order valence-electron chi connectivity index (χ2n) is 7.54. The molecule has 0 spiro atoms. The van der Waals surface area contributed by atoms with Crippen LogP contribution in [0, 0.1) is 0 Å². The van der Waals surface area contributed by atoms with Gasteiger partial charge in [0.2, 0.25) is 0 Å². The lowest BCUT2D eigenvalue weighted by molar-refractivity contribution is 0.316. The van der Waals surface area contributed by atoms with Gasteiger partial charge in [-0.15, -0.1) is 0 Å². The lowest BCUT2D eigenvalue weighted by atomic mass is 10.0. The summed E-state index contributed by atoms with van der Waals surface area (Å²) in [4.78, 5) is 8.74. The summed E-state index contributed by atoms with van der Waals surface area (Å²) in [6.45, 7) is 2.52. The van der Waals surface area contributed by atoms with Crippen molar-refractivity contribution in [1.82, 2.24) is 19.7 Å². The lowest BCUT2D eigenvalue weighted by Crippen LogP contribution is -2.37. The maximum atomic E-state index is 5.04. The van der Waals surface area contributed by atoms with Gasteiger partial charge in [-0.3, -0.25) is 14.6 Å². The van der Waals surface area contributed by atoms with Crippen LogP contribution >= 0.6 is 0 Å². The van der Waals surface area contributed by atoms with Crippen molar-refractivity contribution in [2.24, 2.45) is 0 Å². The van der Waals surface area contributed by atoms with Crippen LogP contribution < -0.4 is 4.90 Å². The van der Waals surface area contributed by atoms with Crippen LogP contribution in [0.3, 0.4) is 0 Å². The Balaban J connectivity index is 1.68. The minimum Gasteiger partial charge on any atom is -0.345 e. The number of benzene rings is 2. The van der Waals surface area contributed by atoms with Crippen molar-refractivity contribution in [3.63, 3.8) is 0 Å². The molecule has 4 aromatic rings. The molecular weight excluding hydrogens is 346 g/mol. The van der Waals surface area contributed by atoms with Crippen molar-refractivity contribution in [3.8, 4) is 11.3 Å². The van der Waals surface area contributed by atoms with Gasteiger partial charge < -0.3 is 4.90 Å². The van der Waals surface area contributed by atoms with Crippen molar-refractivity contribution < 1.29 is 0 Å². The molecule has 1 aliphatic rings. The number of anilines is 1. The van der Waals surface area contributed by atoms with Gasteiger partial charge in [-0.2, -0.15) is 5.10 Å². The van der Waals surface area contributed by atoms with Gasteiger partial charge in [0.05, 0.1) is 18.9 Å². The molecule has 5 nitrogen and oxygen atoms in total. The van der Waals surface area contributed by atoms with E-state index in [2.05, 4.69) is 88.2 Å². The maximum absolute atomic E-state index is 5.04. The second-order valence-corrected chi connectivity index (χ2v) is 7.54. The van der Waals surface area contributed by atoms with Gasteiger partial charge >= 0.3 is 0 Å². The average Bonchev–Trinajstić information content (AvgIpc) is 3.07. The standard InChI is InChI=1S/C23H23N5/c1-26-15-21-22(18-10-12-24-13-11-18)28(25-23(21)27(2)16-26)14-19-8-5-7-17-6-3-4-9-20(17)19/h3-13H,14-16H2,1-2H3. The highest BCUT2D eigenvalue weighted by Crippen LogP contribution is 2.35. The third kappa shape index (κ3) is 2.84. The fourth-order valence-electron chi connectivity index (χ4n) is 4.23. The molecule has 28 heavy (non-hydrogen) atoms. The fourth-order valence-corrected chi connectivity index (χ4v) is 4.23. The summed E-state index contributed by atoms with van der Waals surface area (Å²) < 4.78 is 2.16. The first-order valence-corrected chi connectivity index (χ1v) is 9.57. The third-order valence-corrected chi connectivity index (χ3v) is 5.43. The first-order chi connectivity index (χ1) is 13.7. The third-order valence-electron chi connectivity index (χ3n) is 5.43. The van der Waals surface area contributed by atoms with E-state index in [1.54, 1.807) is 0 Å². The summed E-state index contributed by atoms with van der Waals surface area (Å²) in [7, 11) is 4.26. The normalized spacial score (nSPS) is 14.4. The fraction of sp³-hybridized carbons (Fsp3) is 0.217. The lowest BCUT2D eigenvalue weighted by Gasteiger charge is -2.30. The molecule has 2 aromatic heterocycles. The van der Waals surface area contributed by atoms with Crippen LogP contribution in [0.1, 0.15) is 11.1 Å². The molecule has 0 bridgehead atoms. The molecule has 0 saturated carbocycles. The number of aromatic nitrogens is 3. The Morgan fingerprint density at radius 2 is 1.71 bits per heavy atom. The molecule has 0 saturated heterocycles. The maximum Gasteiger partial charge on any atom is 0.156 e. The zero-order valence-corrected chi connectivity index (χ0v) is 16.2. The first kappa shape index (κ1) is 17.0. The molecule has 0 unspecified atom stereocenters. The van der Waals surface area contributed by atoms with E-state index in [-0.39, 0.29) is 0 Å². The zero-order chi connectivity index (χ0) is 19.1. The van der Waals surface area contributed by atoms with Crippen LogP contribution in [0.5, 0.6) is 0 Å². The van der Waals surface area contributed by atoms with E-state index >= 15 is 0 Å². The van der Waals surface area contributed by atoms with Gasteiger partial charge in [0.25, 0.3) is 0 Å².